The lowest BCUT2D eigenvalue weighted by atomic mass is 10.1. The number of hydrogen-bond donors (Lipinski definition) is 1. The molecule has 1 unspecified atom stereocenters. The maximum absolute atomic E-state index is 10.3. The summed E-state index contributed by atoms with van der Waals surface area (Å²) < 4.78 is 10.9. The van der Waals surface area contributed by atoms with Crippen LogP contribution in [0.4, 0.5) is 0 Å². The van der Waals surface area contributed by atoms with Gasteiger partial charge in [0.1, 0.15) is 19.3 Å². The average molecular weight is 258 g/mol. The Labute approximate surface area is 110 Å². The predicted molar refractivity (Wildman–Crippen MR) is 68.3 cm³/mol. The fraction of sp³-hybridized carbons (Fsp3) is 0.286. The van der Waals surface area contributed by atoms with Crippen LogP contribution in [-0.4, -0.2) is 28.3 Å². The van der Waals surface area contributed by atoms with Crippen molar-refractivity contribution >= 4 is 0 Å². The Hall–Kier alpha value is -2.14. The van der Waals surface area contributed by atoms with Gasteiger partial charge in [-0.1, -0.05) is 6.07 Å². The molecule has 0 saturated carbocycles. The molecular formula is C14H14N2O3. The number of aryl methyl sites for hydroxylation is 1. The van der Waals surface area contributed by atoms with E-state index in [-0.39, 0.29) is 0 Å². The second-order valence-corrected chi connectivity index (χ2v) is 4.39. The molecule has 5 nitrogen and oxygen atoms in total. The smallest absolute Gasteiger partial charge is 0.161 e. The lowest BCUT2D eigenvalue weighted by molar-refractivity contribution is 0.169. The van der Waals surface area contributed by atoms with Gasteiger partial charge in [0.05, 0.1) is 17.6 Å². The van der Waals surface area contributed by atoms with Crippen molar-refractivity contribution in [3.05, 3.63) is 47.5 Å². The van der Waals surface area contributed by atoms with Crippen molar-refractivity contribution in [2.24, 2.45) is 0 Å². The van der Waals surface area contributed by atoms with Gasteiger partial charge in [0, 0.05) is 6.20 Å². The van der Waals surface area contributed by atoms with E-state index in [2.05, 4.69) is 9.97 Å². The van der Waals surface area contributed by atoms with Crippen LogP contribution in [0.1, 0.15) is 23.1 Å². The number of hydrogen-bond acceptors (Lipinski definition) is 5. The van der Waals surface area contributed by atoms with Gasteiger partial charge in [0.15, 0.2) is 11.5 Å². The van der Waals surface area contributed by atoms with Crippen LogP contribution >= 0.6 is 0 Å². The van der Waals surface area contributed by atoms with Crippen LogP contribution in [0.3, 0.4) is 0 Å². The monoisotopic (exact) mass is 258 g/mol. The van der Waals surface area contributed by atoms with Crippen LogP contribution in [0.5, 0.6) is 11.5 Å². The minimum absolute atomic E-state index is 0.516. The summed E-state index contributed by atoms with van der Waals surface area (Å²) in [6, 6.07) is 5.38. The number of aromatic nitrogens is 2. The van der Waals surface area contributed by atoms with E-state index < -0.39 is 6.10 Å². The third-order valence-electron chi connectivity index (χ3n) is 2.96. The van der Waals surface area contributed by atoms with Gasteiger partial charge >= 0.3 is 0 Å². The van der Waals surface area contributed by atoms with Gasteiger partial charge in [-0.3, -0.25) is 9.97 Å². The Kier molecular flexibility index (Phi) is 3.05. The molecule has 1 N–H and O–H groups in total. The van der Waals surface area contributed by atoms with Gasteiger partial charge in [-0.05, 0) is 24.6 Å². The fourth-order valence-corrected chi connectivity index (χ4v) is 1.94. The maximum Gasteiger partial charge on any atom is 0.161 e. The molecule has 3 rings (SSSR count). The Balaban J connectivity index is 1.91. The van der Waals surface area contributed by atoms with Crippen molar-refractivity contribution in [3.63, 3.8) is 0 Å². The summed E-state index contributed by atoms with van der Waals surface area (Å²) in [5.74, 6) is 1.36. The minimum atomic E-state index is -0.816. The molecule has 1 aliphatic heterocycles. The van der Waals surface area contributed by atoms with Crippen molar-refractivity contribution in [1.29, 1.82) is 0 Å². The number of aliphatic hydroxyl groups is 1. The Bertz CT molecular complexity index is 584. The van der Waals surface area contributed by atoms with Gasteiger partial charge in [-0.2, -0.15) is 0 Å². The Morgan fingerprint density at radius 3 is 2.63 bits per heavy atom. The van der Waals surface area contributed by atoms with Crippen molar-refractivity contribution in [3.8, 4) is 11.5 Å². The van der Waals surface area contributed by atoms with Crippen LogP contribution in [0.15, 0.2) is 30.6 Å². The number of benzene rings is 1. The Morgan fingerprint density at radius 1 is 1.11 bits per heavy atom. The normalized spacial score (nSPS) is 15.1. The van der Waals surface area contributed by atoms with Crippen molar-refractivity contribution in [1.82, 2.24) is 9.97 Å². The highest BCUT2D eigenvalue weighted by atomic mass is 16.6. The quantitative estimate of drug-likeness (QED) is 0.887. The molecule has 1 aromatic carbocycles. The molecule has 98 valence electrons. The third kappa shape index (κ3) is 2.37. The molecule has 0 aliphatic carbocycles. The molecule has 1 atom stereocenters. The molecule has 5 heteroatoms. The van der Waals surface area contributed by atoms with Crippen LogP contribution in [0.2, 0.25) is 0 Å². The molecule has 2 aromatic rings. The Morgan fingerprint density at radius 2 is 1.89 bits per heavy atom. The first kappa shape index (κ1) is 11.9. The van der Waals surface area contributed by atoms with Crippen LogP contribution < -0.4 is 9.47 Å². The largest absolute Gasteiger partial charge is 0.486 e. The van der Waals surface area contributed by atoms with Gasteiger partial charge in [-0.25, -0.2) is 0 Å². The average Bonchev–Trinajstić information content (AvgIpc) is 2.47. The number of rotatable bonds is 2. The van der Waals surface area contributed by atoms with Crippen LogP contribution in [0.25, 0.3) is 0 Å². The van der Waals surface area contributed by atoms with Gasteiger partial charge in [-0.15, -0.1) is 0 Å². The molecule has 0 radical (unpaired) electrons. The molecule has 0 saturated heterocycles. The molecule has 0 amide bonds. The van der Waals surface area contributed by atoms with Crippen molar-refractivity contribution < 1.29 is 14.6 Å². The van der Waals surface area contributed by atoms with E-state index in [1.165, 1.54) is 0 Å². The van der Waals surface area contributed by atoms with Crippen LogP contribution in [-0.2, 0) is 0 Å². The SMILES string of the molecule is Cc1cnc(C(O)c2ccc3c(c2)OCCO3)cn1. The van der Waals surface area contributed by atoms with E-state index in [1.807, 2.05) is 6.92 Å². The van der Waals surface area contributed by atoms with E-state index in [0.717, 1.165) is 5.69 Å². The zero-order valence-corrected chi connectivity index (χ0v) is 10.5. The molecule has 0 spiro atoms. The van der Waals surface area contributed by atoms with Crippen LogP contribution in [0, 0.1) is 6.92 Å². The van der Waals surface area contributed by atoms with E-state index in [4.69, 9.17) is 9.47 Å². The number of aliphatic hydroxyl groups excluding tert-OH is 1. The van der Waals surface area contributed by atoms with Crippen molar-refractivity contribution in [2.75, 3.05) is 13.2 Å². The molecular weight excluding hydrogens is 244 g/mol. The number of fused-ring (bicyclic) bond motifs is 1. The minimum Gasteiger partial charge on any atom is -0.486 e. The first-order chi connectivity index (χ1) is 9.24. The highest BCUT2D eigenvalue weighted by Gasteiger charge is 2.17. The lowest BCUT2D eigenvalue weighted by Crippen LogP contribution is -2.15. The summed E-state index contributed by atoms with van der Waals surface area (Å²) in [5.41, 5.74) is 2.04. The molecule has 1 aliphatic rings. The summed E-state index contributed by atoms with van der Waals surface area (Å²) >= 11 is 0. The molecule has 0 fully saturated rings. The highest BCUT2D eigenvalue weighted by molar-refractivity contribution is 5.45. The van der Waals surface area contributed by atoms with Gasteiger partial charge < -0.3 is 14.6 Å². The standard InChI is InChI=1S/C14H14N2O3/c1-9-7-16-11(8-15-9)14(17)10-2-3-12-13(6-10)19-5-4-18-12/h2-3,6-8,14,17H,4-5H2,1H3. The first-order valence-electron chi connectivity index (χ1n) is 6.10. The zero-order chi connectivity index (χ0) is 13.2. The van der Waals surface area contributed by atoms with E-state index in [1.54, 1.807) is 30.6 Å². The lowest BCUT2D eigenvalue weighted by Gasteiger charge is -2.20. The van der Waals surface area contributed by atoms with E-state index in [9.17, 15) is 5.11 Å². The maximum atomic E-state index is 10.3. The second-order valence-electron chi connectivity index (χ2n) is 4.39. The summed E-state index contributed by atoms with van der Waals surface area (Å²) in [4.78, 5) is 8.32. The summed E-state index contributed by atoms with van der Waals surface area (Å²) in [6.07, 6.45) is 2.40. The number of nitrogens with zero attached hydrogens (tertiary/aromatic N) is 2. The third-order valence-corrected chi connectivity index (χ3v) is 2.96. The summed E-state index contributed by atoms with van der Waals surface area (Å²) in [5, 5.41) is 10.3. The van der Waals surface area contributed by atoms with Crippen molar-refractivity contribution in [2.45, 2.75) is 13.0 Å². The molecule has 2 heterocycles. The number of ether oxygens (including phenoxy) is 2. The molecule has 0 bridgehead atoms. The van der Waals surface area contributed by atoms with E-state index in [0.29, 0.717) is 36.0 Å². The predicted octanol–water partition coefficient (Wildman–Crippen LogP) is 1.64. The topological polar surface area (TPSA) is 64.5 Å². The van der Waals surface area contributed by atoms with E-state index >= 15 is 0 Å². The first-order valence-corrected chi connectivity index (χ1v) is 6.10. The van der Waals surface area contributed by atoms with Gasteiger partial charge in [0.2, 0.25) is 0 Å². The highest BCUT2D eigenvalue weighted by Crippen LogP contribution is 2.33. The summed E-state index contributed by atoms with van der Waals surface area (Å²) in [7, 11) is 0. The summed E-state index contributed by atoms with van der Waals surface area (Å²) in [6.45, 7) is 2.93. The van der Waals surface area contributed by atoms with Gasteiger partial charge in [0.25, 0.3) is 0 Å². The fourth-order valence-electron chi connectivity index (χ4n) is 1.94. The molecule has 19 heavy (non-hydrogen) atoms. The zero-order valence-electron chi connectivity index (χ0n) is 10.5. The second kappa shape index (κ2) is 4.85. The molecule has 1 aromatic heterocycles.